The molecule has 1 aromatic carbocycles. The molecule has 1 aromatic rings. The number of hydrogen-bond donors (Lipinski definition) is 4. The smallest absolute Gasteiger partial charge is 0.245 e. The van der Waals surface area contributed by atoms with Gasteiger partial charge in [-0.05, 0) is 30.2 Å². The van der Waals surface area contributed by atoms with Crippen LogP contribution in [0.5, 0.6) is 0 Å². The SMILES string of the molecule is CC(C)C.CNC(=O)CNC(=O)C(C#Cc1ccc(Cl)cc1)CC(=O)NO. The molecule has 0 saturated carbocycles. The standard InChI is InChI=1S/C15H16ClN3O4.C4H10/c1-17-14(21)9-18-15(22)11(8-13(20)19-23)5-2-10-3-6-12(16)7-4-10;1-4(2)3/h3-4,6-7,11,23H,8-9H2,1H3,(H,17,21)(H,18,22)(H,19,20);4H,1-3H3. The molecular weight excluding hydrogens is 370 g/mol. The van der Waals surface area contributed by atoms with E-state index in [1.807, 2.05) is 0 Å². The van der Waals surface area contributed by atoms with Gasteiger partial charge in [-0.15, -0.1) is 0 Å². The maximum absolute atomic E-state index is 12.0. The highest BCUT2D eigenvalue weighted by Gasteiger charge is 2.20. The molecule has 3 amide bonds. The molecule has 1 atom stereocenters. The maximum atomic E-state index is 12.0. The fraction of sp³-hybridized carbons (Fsp3) is 0.421. The van der Waals surface area contributed by atoms with E-state index in [-0.39, 0.29) is 18.9 Å². The zero-order valence-electron chi connectivity index (χ0n) is 15.9. The lowest BCUT2D eigenvalue weighted by molar-refractivity contribution is -0.133. The van der Waals surface area contributed by atoms with Crippen molar-refractivity contribution in [1.29, 1.82) is 0 Å². The quantitative estimate of drug-likeness (QED) is 0.346. The van der Waals surface area contributed by atoms with Crippen molar-refractivity contribution in [1.82, 2.24) is 16.1 Å². The van der Waals surface area contributed by atoms with E-state index in [9.17, 15) is 14.4 Å². The van der Waals surface area contributed by atoms with Gasteiger partial charge in [-0.3, -0.25) is 19.6 Å². The van der Waals surface area contributed by atoms with Crippen LogP contribution >= 0.6 is 11.6 Å². The second kappa shape index (κ2) is 13.6. The Morgan fingerprint density at radius 2 is 1.67 bits per heavy atom. The third kappa shape index (κ3) is 12.4. The van der Waals surface area contributed by atoms with Crippen molar-refractivity contribution in [2.75, 3.05) is 13.6 Å². The number of amides is 3. The third-order valence-corrected chi connectivity index (χ3v) is 3.02. The van der Waals surface area contributed by atoms with Crippen LogP contribution in [0.15, 0.2) is 24.3 Å². The van der Waals surface area contributed by atoms with Crippen LogP contribution in [0.3, 0.4) is 0 Å². The van der Waals surface area contributed by atoms with Gasteiger partial charge in [-0.25, -0.2) is 5.48 Å². The van der Waals surface area contributed by atoms with Crippen LogP contribution in [0.1, 0.15) is 32.8 Å². The van der Waals surface area contributed by atoms with E-state index < -0.39 is 17.7 Å². The number of rotatable bonds is 5. The van der Waals surface area contributed by atoms with Crippen LogP contribution < -0.4 is 16.1 Å². The van der Waals surface area contributed by atoms with E-state index in [1.165, 1.54) is 12.5 Å². The highest BCUT2D eigenvalue weighted by atomic mass is 35.5. The summed E-state index contributed by atoms with van der Waals surface area (Å²) in [4.78, 5) is 34.4. The lowest BCUT2D eigenvalue weighted by atomic mass is 10.0. The fourth-order valence-corrected chi connectivity index (χ4v) is 1.65. The number of carbonyl (C=O) groups is 3. The first kappa shape index (κ1) is 24.4. The molecule has 0 saturated heterocycles. The molecular formula is C19H26ClN3O4. The van der Waals surface area contributed by atoms with Gasteiger partial charge in [0.15, 0.2) is 0 Å². The molecule has 0 spiro atoms. The monoisotopic (exact) mass is 395 g/mol. The summed E-state index contributed by atoms with van der Waals surface area (Å²) in [7, 11) is 1.44. The lowest BCUT2D eigenvalue weighted by Crippen LogP contribution is -2.39. The average Bonchev–Trinajstić information content (AvgIpc) is 2.63. The Hall–Kier alpha value is -2.56. The van der Waals surface area contributed by atoms with Crippen molar-refractivity contribution in [2.45, 2.75) is 27.2 Å². The minimum atomic E-state index is -1.01. The molecule has 4 N–H and O–H groups in total. The Labute approximate surface area is 164 Å². The minimum Gasteiger partial charge on any atom is -0.358 e. The third-order valence-electron chi connectivity index (χ3n) is 2.77. The Bertz CT molecular complexity index is 676. The summed E-state index contributed by atoms with van der Waals surface area (Å²) in [5, 5.41) is 13.9. The van der Waals surface area contributed by atoms with Crippen molar-refractivity contribution in [2.24, 2.45) is 11.8 Å². The summed E-state index contributed by atoms with van der Waals surface area (Å²) in [6.45, 7) is 6.27. The van der Waals surface area contributed by atoms with Crippen molar-refractivity contribution < 1.29 is 19.6 Å². The molecule has 1 unspecified atom stereocenters. The van der Waals surface area contributed by atoms with E-state index in [4.69, 9.17) is 16.8 Å². The van der Waals surface area contributed by atoms with Gasteiger partial charge in [-0.1, -0.05) is 44.2 Å². The van der Waals surface area contributed by atoms with Gasteiger partial charge >= 0.3 is 0 Å². The molecule has 7 nitrogen and oxygen atoms in total. The molecule has 0 bridgehead atoms. The summed E-state index contributed by atoms with van der Waals surface area (Å²) >= 11 is 5.77. The zero-order valence-corrected chi connectivity index (χ0v) is 16.7. The summed E-state index contributed by atoms with van der Waals surface area (Å²) < 4.78 is 0. The average molecular weight is 396 g/mol. The van der Waals surface area contributed by atoms with Crippen molar-refractivity contribution in [3.8, 4) is 11.8 Å². The van der Waals surface area contributed by atoms with Gasteiger partial charge in [0.25, 0.3) is 0 Å². The van der Waals surface area contributed by atoms with Crippen LogP contribution in [0, 0.1) is 23.7 Å². The molecule has 0 radical (unpaired) electrons. The molecule has 27 heavy (non-hydrogen) atoms. The van der Waals surface area contributed by atoms with E-state index in [2.05, 4.69) is 43.2 Å². The Balaban J connectivity index is 0.00000153. The minimum absolute atomic E-state index is 0.227. The second-order valence-electron chi connectivity index (χ2n) is 6.19. The number of carbonyl (C=O) groups excluding carboxylic acids is 3. The van der Waals surface area contributed by atoms with E-state index in [0.29, 0.717) is 10.6 Å². The largest absolute Gasteiger partial charge is 0.358 e. The summed E-state index contributed by atoms with van der Waals surface area (Å²) in [5.41, 5.74) is 2.06. The van der Waals surface area contributed by atoms with Gasteiger partial charge < -0.3 is 10.6 Å². The van der Waals surface area contributed by atoms with Crippen LogP contribution in [0.25, 0.3) is 0 Å². The fourth-order valence-electron chi connectivity index (χ4n) is 1.52. The van der Waals surface area contributed by atoms with E-state index in [0.717, 1.165) is 5.92 Å². The van der Waals surface area contributed by atoms with Gasteiger partial charge in [0.2, 0.25) is 17.7 Å². The lowest BCUT2D eigenvalue weighted by Gasteiger charge is -2.10. The number of hydroxylamine groups is 1. The molecule has 0 aromatic heterocycles. The normalized spacial score (nSPS) is 10.5. The predicted molar refractivity (Wildman–Crippen MR) is 104 cm³/mol. The molecule has 148 valence electrons. The number of benzene rings is 1. The first-order valence-electron chi connectivity index (χ1n) is 8.37. The molecule has 0 fully saturated rings. The summed E-state index contributed by atoms with van der Waals surface area (Å²) in [6.07, 6.45) is -0.337. The molecule has 0 heterocycles. The number of halogens is 1. The van der Waals surface area contributed by atoms with Crippen molar-refractivity contribution in [3.63, 3.8) is 0 Å². The summed E-state index contributed by atoms with van der Waals surface area (Å²) in [5.74, 6) is 3.51. The van der Waals surface area contributed by atoms with Crippen LogP contribution in [-0.4, -0.2) is 36.5 Å². The van der Waals surface area contributed by atoms with Gasteiger partial charge in [-0.2, -0.15) is 0 Å². The molecule has 0 aliphatic heterocycles. The molecule has 0 aliphatic carbocycles. The summed E-state index contributed by atoms with van der Waals surface area (Å²) in [6, 6.07) is 6.63. The highest BCUT2D eigenvalue weighted by Crippen LogP contribution is 2.09. The number of hydrogen-bond acceptors (Lipinski definition) is 4. The van der Waals surface area contributed by atoms with Gasteiger partial charge in [0.1, 0.15) is 5.92 Å². The Morgan fingerprint density at radius 3 is 2.15 bits per heavy atom. The topological polar surface area (TPSA) is 108 Å². The zero-order chi connectivity index (χ0) is 20.8. The maximum Gasteiger partial charge on any atom is 0.245 e. The Kier molecular flexibility index (Phi) is 12.3. The highest BCUT2D eigenvalue weighted by molar-refractivity contribution is 6.30. The van der Waals surface area contributed by atoms with Crippen molar-refractivity contribution >= 4 is 29.3 Å². The van der Waals surface area contributed by atoms with E-state index >= 15 is 0 Å². The number of nitrogens with one attached hydrogen (secondary N) is 3. The van der Waals surface area contributed by atoms with Gasteiger partial charge in [0.05, 0.1) is 13.0 Å². The molecule has 1 rings (SSSR count). The number of likely N-dealkylation sites (N-methyl/N-ethyl adjacent to an activating group) is 1. The Morgan fingerprint density at radius 1 is 1.11 bits per heavy atom. The van der Waals surface area contributed by atoms with Gasteiger partial charge in [0, 0.05) is 17.6 Å². The first-order chi connectivity index (χ1) is 12.7. The molecule has 0 aliphatic rings. The second-order valence-corrected chi connectivity index (χ2v) is 6.63. The van der Waals surface area contributed by atoms with E-state index in [1.54, 1.807) is 24.3 Å². The predicted octanol–water partition coefficient (Wildman–Crippen LogP) is 1.73. The van der Waals surface area contributed by atoms with Crippen LogP contribution in [-0.2, 0) is 14.4 Å². The molecule has 8 heteroatoms. The first-order valence-corrected chi connectivity index (χ1v) is 8.75. The van der Waals surface area contributed by atoms with Crippen LogP contribution in [0.2, 0.25) is 5.02 Å². The van der Waals surface area contributed by atoms with Crippen molar-refractivity contribution in [3.05, 3.63) is 34.9 Å². The van der Waals surface area contributed by atoms with Crippen LogP contribution in [0.4, 0.5) is 0 Å².